The minimum absolute atomic E-state index is 0.0340. The van der Waals surface area contributed by atoms with Gasteiger partial charge in [-0.05, 0) is 19.1 Å². The van der Waals surface area contributed by atoms with Gasteiger partial charge in [0.05, 0.1) is 0 Å². The fraction of sp³-hybridized carbons (Fsp3) is 0.417. The van der Waals surface area contributed by atoms with Gasteiger partial charge in [-0.25, -0.2) is 0 Å². The SMILES string of the molecule is Cc1ccc(C(=O)N(CCCl)CC(F)(F)F)cc1. The second-order valence-corrected chi connectivity index (χ2v) is 4.27. The Balaban J connectivity index is 2.85. The number of nitrogens with zero attached hydrogens (tertiary/aromatic N) is 1. The molecule has 0 radical (unpaired) electrons. The second-order valence-electron chi connectivity index (χ2n) is 3.90. The van der Waals surface area contributed by atoms with Crippen molar-refractivity contribution in [1.29, 1.82) is 0 Å². The van der Waals surface area contributed by atoms with Crippen LogP contribution in [0.25, 0.3) is 0 Å². The van der Waals surface area contributed by atoms with Gasteiger partial charge in [0.2, 0.25) is 0 Å². The molecule has 0 aliphatic heterocycles. The third-order valence-electron chi connectivity index (χ3n) is 2.31. The fourth-order valence-electron chi connectivity index (χ4n) is 1.45. The number of rotatable bonds is 4. The van der Waals surface area contributed by atoms with Crippen LogP contribution in [0.1, 0.15) is 15.9 Å². The van der Waals surface area contributed by atoms with Gasteiger partial charge in [0.15, 0.2) is 0 Å². The predicted molar refractivity (Wildman–Crippen MR) is 63.9 cm³/mol. The van der Waals surface area contributed by atoms with Crippen LogP contribution in [-0.4, -0.2) is 36.0 Å². The molecule has 0 unspecified atom stereocenters. The van der Waals surface area contributed by atoms with Crippen molar-refractivity contribution in [2.75, 3.05) is 19.0 Å². The number of amides is 1. The average molecular weight is 280 g/mol. The molecule has 0 atom stereocenters. The highest BCUT2D eigenvalue weighted by Crippen LogP contribution is 2.18. The number of aryl methyl sites for hydroxylation is 1. The molecule has 1 aromatic carbocycles. The van der Waals surface area contributed by atoms with Crippen molar-refractivity contribution in [2.24, 2.45) is 0 Å². The maximum Gasteiger partial charge on any atom is 0.406 e. The minimum Gasteiger partial charge on any atom is -0.328 e. The number of benzene rings is 1. The molecule has 0 saturated carbocycles. The van der Waals surface area contributed by atoms with Crippen molar-refractivity contribution in [3.8, 4) is 0 Å². The van der Waals surface area contributed by atoms with Gasteiger partial charge in [0, 0.05) is 18.0 Å². The lowest BCUT2D eigenvalue weighted by atomic mass is 10.1. The number of hydrogen-bond donors (Lipinski definition) is 0. The molecule has 0 N–H and O–H groups in total. The highest BCUT2D eigenvalue weighted by atomic mass is 35.5. The van der Waals surface area contributed by atoms with Crippen molar-refractivity contribution in [1.82, 2.24) is 4.90 Å². The lowest BCUT2D eigenvalue weighted by Crippen LogP contribution is -2.40. The normalized spacial score (nSPS) is 11.4. The van der Waals surface area contributed by atoms with Gasteiger partial charge in [-0.15, -0.1) is 11.6 Å². The van der Waals surface area contributed by atoms with Crippen molar-refractivity contribution in [2.45, 2.75) is 13.1 Å². The van der Waals surface area contributed by atoms with E-state index in [2.05, 4.69) is 0 Å². The predicted octanol–water partition coefficient (Wildman–Crippen LogP) is 3.24. The van der Waals surface area contributed by atoms with Crippen LogP contribution in [0.4, 0.5) is 13.2 Å². The molecular formula is C12H13ClF3NO. The molecular weight excluding hydrogens is 267 g/mol. The van der Waals surface area contributed by atoms with Gasteiger partial charge >= 0.3 is 6.18 Å². The summed E-state index contributed by atoms with van der Waals surface area (Å²) < 4.78 is 37.0. The molecule has 100 valence electrons. The van der Waals surface area contributed by atoms with Gasteiger partial charge in [0.25, 0.3) is 5.91 Å². The Morgan fingerprint density at radius 1 is 1.28 bits per heavy atom. The van der Waals surface area contributed by atoms with Crippen molar-refractivity contribution >= 4 is 17.5 Å². The lowest BCUT2D eigenvalue weighted by Gasteiger charge is -2.23. The summed E-state index contributed by atoms with van der Waals surface area (Å²) in [6.07, 6.45) is -4.42. The summed E-state index contributed by atoms with van der Waals surface area (Å²) in [4.78, 5) is 12.6. The Hall–Kier alpha value is -1.23. The Bertz CT molecular complexity index is 403. The summed E-state index contributed by atoms with van der Waals surface area (Å²) in [6, 6.07) is 6.38. The van der Waals surface area contributed by atoms with Crippen LogP contribution in [0.15, 0.2) is 24.3 Å². The highest BCUT2D eigenvalue weighted by Gasteiger charge is 2.33. The van der Waals surface area contributed by atoms with E-state index in [1.807, 2.05) is 6.92 Å². The Morgan fingerprint density at radius 2 is 1.83 bits per heavy atom. The van der Waals surface area contributed by atoms with Crippen LogP contribution in [-0.2, 0) is 0 Å². The first kappa shape index (κ1) is 14.8. The van der Waals surface area contributed by atoms with Gasteiger partial charge in [0.1, 0.15) is 6.54 Å². The molecule has 0 fully saturated rings. The molecule has 0 aliphatic carbocycles. The Kier molecular flexibility index (Phi) is 5.02. The van der Waals surface area contributed by atoms with Crippen molar-refractivity contribution < 1.29 is 18.0 Å². The third kappa shape index (κ3) is 4.56. The molecule has 1 amide bonds. The molecule has 18 heavy (non-hydrogen) atoms. The molecule has 0 aromatic heterocycles. The first-order valence-corrected chi connectivity index (χ1v) is 5.85. The zero-order valence-corrected chi connectivity index (χ0v) is 10.6. The number of halogens is 4. The van der Waals surface area contributed by atoms with Crippen LogP contribution >= 0.6 is 11.6 Å². The van der Waals surface area contributed by atoms with Gasteiger partial charge in [-0.2, -0.15) is 13.2 Å². The van der Waals surface area contributed by atoms with Crippen LogP contribution < -0.4 is 0 Å². The van der Waals surface area contributed by atoms with E-state index >= 15 is 0 Å². The van der Waals surface area contributed by atoms with E-state index in [-0.39, 0.29) is 18.0 Å². The maximum atomic E-state index is 12.3. The first-order valence-electron chi connectivity index (χ1n) is 5.32. The largest absolute Gasteiger partial charge is 0.406 e. The number of hydrogen-bond acceptors (Lipinski definition) is 1. The molecule has 0 saturated heterocycles. The minimum atomic E-state index is -4.42. The van der Waals surface area contributed by atoms with Crippen molar-refractivity contribution in [3.05, 3.63) is 35.4 Å². The number of alkyl halides is 4. The van der Waals surface area contributed by atoms with Crippen LogP contribution in [0, 0.1) is 6.92 Å². The molecule has 0 spiro atoms. The number of carbonyl (C=O) groups is 1. The highest BCUT2D eigenvalue weighted by molar-refractivity contribution is 6.18. The van der Waals surface area contributed by atoms with Crippen LogP contribution in [0.5, 0.6) is 0 Å². The smallest absolute Gasteiger partial charge is 0.328 e. The van der Waals surface area contributed by atoms with E-state index in [4.69, 9.17) is 11.6 Å². The molecule has 0 heterocycles. The third-order valence-corrected chi connectivity index (χ3v) is 2.48. The molecule has 1 rings (SSSR count). The van der Waals surface area contributed by atoms with E-state index in [1.165, 1.54) is 12.1 Å². The topological polar surface area (TPSA) is 20.3 Å². The van der Waals surface area contributed by atoms with E-state index in [1.54, 1.807) is 12.1 Å². The van der Waals surface area contributed by atoms with Gasteiger partial charge < -0.3 is 4.90 Å². The second kappa shape index (κ2) is 6.09. The zero-order valence-electron chi connectivity index (χ0n) is 9.80. The van der Waals surface area contributed by atoms with E-state index in [0.29, 0.717) is 4.90 Å². The number of carbonyl (C=O) groups excluding carboxylic acids is 1. The summed E-state index contributed by atoms with van der Waals surface area (Å²) in [5.74, 6) is -0.693. The van der Waals surface area contributed by atoms with Crippen molar-refractivity contribution in [3.63, 3.8) is 0 Å². The summed E-state index contributed by atoms with van der Waals surface area (Å²) in [7, 11) is 0. The summed E-state index contributed by atoms with van der Waals surface area (Å²) in [6.45, 7) is 0.417. The lowest BCUT2D eigenvalue weighted by molar-refractivity contribution is -0.140. The van der Waals surface area contributed by atoms with Gasteiger partial charge in [-0.1, -0.05) is 17.7 Å². The van der Waals surface area contributed by atoms with E-state index in [0.717, 1.165) is 5.56 Å². The summed E-state index contributed by atoms with van der Waals surface area (Å²) >= 11 is 5.42. The fourth-order valence-corrected chi connectivity index (χ4v) is 1.65. The quantitative estimate of drug-likeness (QED) is 0.775. The van der Waals surface area contributed by atoms with Crippen LogP contribution in [0.2, 0.25) is 0 Å². The first-order chi connectivity index (χ1) is 8.33. The molecule has 1 aromatic rings. The standard InChI is InChI=1S/C12H13ClF3NO/c1-9-2-4-10(5-3-9)11(18)17(7-6-13)8-12(14,15)16/h2-5H,6-8H2,1H3. The summed E-state index contributed by atoms with van der Waals surface area (Å²) in [5.41, 5.74) is 1.17. The molecule has 0 bridgehead atoms. The molecule has 0 aliphatic rings. The maximum absolute atomic E-state index is 12.3. The van der Waals surface area contributed by atoms with E-state index < -0.39 is 18.6 Å². The molecule has 6 heteroatoms. The Morgan fingerprint density at radius 3 is 2.28 bits per heavy atom. The van der Waals surface area contributed by atoms with Crippen LogP contribution in [0.3, 0.4) is 0 Å². The van der Waals surface area contributed by atoms with Gasteiger partial charge in [-0.3, -0.25) is 4.79 Å². The monoisotopic (exact) mass is 279 g/mol. The average Bonchev–Trinajstić information content (AvgIpc) is 2.27. The summed E-state index contributed by atoms with van der Waals surface area (Å²) in [5, 5.41) is 0. The van der Waals surface area contributed by atoms with E-state index in [9.17, 15) is 18.0 Å². The Labute approximate surface area is 108 Å². The zero-order chi connectivity index (χ0) is 13.8. The molecule has 2 nitrogen and oxygen atoms in total.